The van der Waals surface area contributed by atoms with Crippen molar-refractivity contribution < 1.29 is 19.1 Å². The van der Waals surface area contributed by atoms with Crippen LogP contribution in [0.3, 0.4) is 0 Å². The fourth-order valence-corrected chi connectivity index (χ4v) is 1.49. The maximum atomic E-state index is 11.4. The summed E-state index contributed by atoms with van der Waals surface area (Å²) in [7, 11) is 1.33. The minimum Gasteiger partial charge on any atom is -0.466 e. The molecule has 0 spiro atoms. The van der Waals surface area contributed by atoms with Crippen LogP contribution in [0.1, 0.15) is 31.9 Å². The van der Waals surface area contributed by atoms with Crippen molar-refractivity contribution in [2.45, 2.75) is 26.4 Å². The summed E-state index contributed by atoms with van der Waals surface area (Å²) in [6.45, 7) is 5.61. The number of carbonyl (C=O) groups is 2. The van der Waals surface area contributed by atoms with Gasteiger partial charge in [-0.15, -0.1) is 0 Å². The zero-order valence-electron chi connectivity index (χ0n) is 13.8. The zero-order chi connectivity index (χ0) is 17.3. The second-order valence-electron chi connectivity index (χ2n) is 5.64. The van der Waals surface area contributed by atoms with Gasteiger partial charge in [0, 0.05) is 11.6 Å². The molecule has 5 nitrogen and oxygen atoms in total. The second kappa shape index (κ2) is 8.64. The third-order valence-electron chi connectivity index (χ3n) is 2.48. The van der Waals surface area contributed by atoms with Gasteiger partial charge in [-0.3, -0.25) is 0 Å². The van der Waals surface area contributed by atoms with Crippen LogP contribution in [0.25, 0.3) is 6.08 Å². The topological polar surface area (TPSA) is 64.6 Å². The first kappa shape index (κ1) is 18.3. The molecular weight excluding hydrogens is 294 g/mol. The predicted octanol–water partition coefficient (Wildman–Crippen LogP) is 2.75. The molecule has 0 bridgehead atoms. The Morgan fingerprint density at radius 3 is 2.43 bits per heavy atom. The number of amides is 1. The Balaban J connectivity index is 2.49. The summed E-state index contributed by atoms with van der Waals surface area (Å²) in [4.78, 5) is 22.4. The van der Waals surface area contributed by atoms with Crippen molar-refractivity contribution in [3.8, 4) is 11.8 Å². The van der Waals surface area contributed by atoms with Crippen molar-refractivity contribution in [3.05, 3.63) is 41.5 Å². The van der Waals surface area contributed by atoms with Crippen molar-refractivity contribution in [1.29, 1.82) is 0 Å². The lowest BCUT2D eigenvalue weighted by molar-refractivity contribution is -0.134. The molecule has 1 rings (SSSR count). The molecule has 0 heterocycles. The first-order valence-electron chi connectivity index (χ1n) is 7.12. The SMILES string of the molecule is COC(=O)/C=C/c1ccc(C#CCNC(=O)OC(C)(C)C)cc1. The van der Waals surface area contributed by atoms with Crippen LogP contribution in [-0.2, 0) is 14.3 Å². The van der Waals surface area contributed by atoms with E-state index in [9.17, 15) is 9.59 Å². The van der Waals surface area contributed by atoms with Gasteiger partial charge in [0.1, 0.15) is 5.60 Å². The van der Waals surface area contributed by atoms with E-state index in [1.54, 1.807) is 26.8 Å². The molecule has 1 aromatic carbocycles. The quantitative estimate of drug-likeness (QED) is 0.529. The van der Waals surface area contributed by atoms with E-state index in [1.165, 1.54) is 13.2 Å². The summed E-state index contributed by atoms with van der Waals surface area (Å²) in [6.07, 6.45) is 2.52. The van der Waals surface area contributed by atoms with Gasteiger partial charge in [0.05, 0.1) is 13.7 Å². The molecule has 0 saturated carbocycles. The highest BCUT2D eigenvalue weighted by molar-refractivity contribution is 5.86. The predicted molar refractivity (Wildman–Crippen MR) is 88.6 cm³/mol. The zero-order valence-corrected chi connectivity index (χ0v) is 13.8. The van der Waals surface area contributed by atoms with Gasteiger partial charge in [0.2, 0.25) is 0 Å². The molecule has 0 aliphatic rings. The smallest absolute Gasteiger partial charge is 0.408 e. The van der Waals surface area contributed by atoms with Gasteiger partial charge in [-0.25, -0.2) is 9.59 Å². The molecule has 0 atom stereocenters. The summed E-state index contributed by atoms with van der Waals surface area (Å²) >= 11 is 0. The van der Waals surface area contributed by atoms with E-state index >= 15 is 0 Å². The Hall–Kier alpha value is -2.74. The molecule has 1 aromatic rings. The van der Waals surface area contributed by atoms with E-state index in [0.29, 0.717) is 0 Å². The molecule has 0 unspecified atom stereocenters. The molecule has 23 heavy (non-hydrogen) atoms. The van der Waals surface area contributed by atoms with Crippen molar-refractivity contribution in [2.24, 2.45) is 0 Å². The number of alkyl carbamates (subject to hydrolysis) is 1. The number of methoxy groups -OCH3 is 1. The molecule has 1 amide bonds. The van der Waals surface area contributed by atoms with Crippen LogP contribution in [-0.4, -0.2) is 31.3 Å². The second-order valence-corrected chi connectivity index (χ2v) is 5.64. The maximum Gasteiger partial charge on any atom is 0.408 e. The number of ether oxygens (including phenoxy) is 2. The fraction of sp³-hybridized carbons (Fsp3) is 0.333. The van der Waals surface area contributed by atoms with Gasteiger partial charge in [0.15, 0.2) is 0 Å². The van der Waals surface area contributed by atoms with E-state index in [4.69, 9.17) is 4.74 Å². The number of benzene rings is 1. The average molecular weight is 315 g/mol. The Bertz CT molecular complexity index is 628. The van der Waals surface area contributed by atoms with E-state index < -0.39 is 17.7 Å². The van der Waals surface area contributed by atoms with E-state index in [2.05, 4.69) is 21.9 Å². The van der Waals surface area contributed by atoms with Crippen molar-refractivity contribution >= 4 is 18.1 Å². The van der Waals surface area contributed by atoms with Gasteiger partial charge in [-0.05, 0) is 44.5 Å². The monoisotopic (exact) mass is 315 g/mol. The Labute approximate surface area is 136 Å². The third kappa shape index (κ3) is 8.32. The first-order valence-corrected chi connectivity index (χ1v) is 7.12. The number of nitrogens with one attached hydrogen (secondary N) is 1. The normalized spacial score (nSPS) is 10.6. The molecule has 0 aliphatic heterocycles. The lowest BCUT2D eigenvalue weighted by atomic mass is 10.1. The summed E-state index contributed by atoms with van der Waals surface area (Å²) < 4.78 is 9.62. The van der Waals surface area contributed by atoms with E-state index in [0.717, 1.165) is 11.1 Å². The van der Waals surface area contributed by atoms with Gasteiger partial charge in [-0.1, -0.05) is 24.0 Å². The van der Waals surface area contributed by atoms with E-state index in [1.807, 2.05) is 24.3 Å². The highest BCUT2D eigenvalue weighted by Crippen LogP contribution is 2.06. The number of esters is 1. The average Bonchev–Trinajstić information content (AvgIpc) is 2.48. The fourth-order valence-electron chi connectivity index (χ4n) is 1.49. The third-order valence-corrected chi connectivity index (χ3v) is 2.48. The van der Waals surface area contributed by atoms with Crippen molar-refractivity contribution in [3.63, 3.8) is 0 Å². The number of carbonyl (C=O) groups excluding carboxylic acids is 2. The molecule has 0 fully saturated rings. The maximum absolute atomic E-state index is 11.4. The van der Waals surface area contributed by atoms with Crippen LogP contribution >= 0.6 is 0 Å². The molecule has 5 heteroatoms. The summed E-state index contributed by atoms with van der Waals surface area (Å²) in [6, 6.07) is 7.34. The van der Waals surface area contributed by atoms with Crippen molar-refractivity contribution in [1.82, 2.24) is 5.32 Å². The number of hydrogen-bond donors (Lipinski definition) is 1. The van der Waals surface area contributed by atoms with Gasteiger partial charge < -0.3 is 14.8 Å². The molecule has 0 radical (unpaired) electrons. The van der Waals surface area contributed by atoms with Crippen LogP contribution in [0.5, 0.6) is 0 Å². The molecule has 0 aliphatic carbocycles. The van der Waals surface area contributed by atoms with Crippen molar-refractivity contribution in [2.75, 3.05) is 13.7 Å². The van der Waals surface area contributed by atoms with E-state index in [-0.39, 0.29) is 6.54 Å². The minimum absolute atomic E-state index is 0.207. The summed E-state index contributed by atoms with van der Waals surface area (Å²) in [5, 5.41) is 2.56. The Morgan fingerprint density at radius 2 is 1.87 bits per heavy atom. The Morgan fingerprint density at radius 1 is 1.22 bits per heavy atom. The Kier molecular flexibility index (Phi) is 6.88. The molecular formula is C18H21NO4. The highest BCUT2D eigenvalue weighted by Gasteiger charge is 2.14. The van der Waals surface area contributed by atoms with Gasteiger partial charge >= 0.3 is 12.1 Å². The first-order chi connectivity index (χ1) is 10.8. The molecule has 0 saturated heterocycles. The van der Waals surface area contributed by atoms with Crippen LogP contribution in [0, 0.1) is 11.8 Å². The van der Waals surface area contributed by atoms with Crippen LogP contribution < -0.4 is 5.32 Å². The van der Waals surface area contributed by atoms with Gasteiger partial charge in [-0.2, -0.15) is 0 Å². The lowest BCUT2D eigenvalue weighted by Crippen LogP contribution is -2.32. The van der Waals surface area contributed by atoms with Crippen LogP contribution in [0.4, 0.5) is 4.79 Å². The van der Waals surface area contributed by atoms with Crippen LogP contribution in [0.15, 0.2) is 30.3 Å². The minimum atomic E-state index is -0.523. The molecule has 122 valence electrons. The summed E-state index contributed by atoms with van der Waals surface area (Å²) in [5.41, 5.74) is 1.16. The van der Waals surface area contributed by atoms with Crippen LogP contribution in [0.2, 0.25) is 0 Å². The highest BCUT2D eigenvalue weighted by atomic mass is 16.6. The lowest BCUT2D eigenvalue weighted by Gasteiger charge is -2.18. The number of rotatable bonds is 3. The van der Waals surface area contributed by atoms with Gasteiger partial charge in [0.25, 0.3) is 0 Å². The molecule has 0 aromatic heterocycles. The number of hydrogen-bond acceptors (Lipinski definition) is 4. The molecule has 1 N–H and O–H groups in total. The standard InChI is InChI=1S/C18H21NO4/c1-18(2,3)23-17(21)19-13-5-6-14-7-9-15(10-8-14)11-12-16(20)22-4/h7-12H,13H2,1-4H3,(H,19,21)/b12-11+. The summed E-state index contributed by atoms with van der Waals surface area (Å²) in [5.74, 6) is 5.37. The largest absolute Gasteiger partial charge is 0.466 e.